The predicted molar refractivity (Wildman–Crippen MR) is 77.9 cm³/mol. The Kier molecular flexibility index (Phi) is 3.58. The number of aryl methyl sites for hydroxylation is 1. The van der Waals surface area contributed by atoms with Crippen LogP contribution in [-0.4, -0.2) is 41.5 Å². The second-order valence-electron chi connectivity index (χ2n) is 5.01. The predicted octanol–water partition coefficient (Wildman–Crippen LogP) is 2.15. The molecule has 106 valence electrons. The lowest BCUT2D eigenvalue weighted by Gasteiger charge is -2.31. The first-order valence-corrected chi connectivity index (χ1v) is 7.51. The third kappa shape index (κ3) is 2.48. The molecule has 0 saturated carbocycles. The molecule has 1 amide bonds. The number of hydrogen-bond acceptors (Lipinski definition) is 5. The zero-order valence-corrected chi connectivity index (χ0v) is 12.4. The quantitative estimate of drug-likeness (QED) is 0.921. The van der Waals surface area contributed by atoms with Crippen molar-refractivity contribution in [3.8, 4) is 10.8 Å². The van der Waals surface area contributed by atoms with E-state index < -0.39 is 0 Å². The lowest BCUT2D eigenvalue weighted by molar-refractivity contribution is 0.0703. The molecule has 1 fully saturated rings. The number of piperazine rings is 1. The molecule has 6 heteroatoms. The maximum Gasteiger partial charge on any atom is 0.273 e. The molecule has 20 heavy (non-hydrogen) atoms. The fourth-order valence-electron chi connectivity index (χ4n) is 2.37. The first-order valence-electron chi connectivity index (χ1n) is 6.69. The summed E-state index contributed by atoms with van der Waals surface area (Å²) in [5, 5.41) is 4.10. The molecule has 1 aliphatic rings. The Morgan fingerprint density at radius 2 is 2.45 bits per heavy atom. The van der Waals surface area contributed by atoms with E-state index in [0.29, 0.717) is 17.5 Å². The van der Waals surface area contributed by atoms with Gasteiger partial charge in [0.25, 0.3) is 5.91 Å². The van der Waals surface area contributed by atoms with Gasteiger partial charge in [0.15, 0.2) is 10.8 Å². The minimum absolute atomic E-state index is 0.0184. The lowest BCUT2D eigenvalue weighted by atomic mass is 10.2. The molecule has 1 unspecified atom stereocenters. The number of furan rings is 1. The average Bonchev–Trinajstić information content (AvgIpc) is 3.07. The summed E-state index contributed by atoms with van der Waals surface area (Å²) >= 11 is 1.50. The van der Waals surface area contributed by atoms with Gasteiger partial charge in [0.05, 0.1) is 6.26 Å². The summed E-state index contributed by atoms with van der Waals surface area (Å²) in [4.78, 5) is 19.8. The number of aromatic nitrogens is 1. The van der Waals surface area contributed by atoms with Crippen LogP contribution >= 0.6 is 11.3 Å². The molecule has 0 aromatic carbocycles. The number of carbonyl (C=O) groups excluding carboxylic acids is 1. The van der Waals surface area contributed by atoms with Gasteiger partial charge in [0.1, 0.15) is 5.69 Å². The molecule has 3 rings (SSSR count). The minimum Gasteiger partial charge on any atom is -0.462 e. The summed E-state index contributed by atoms with van der Waals surface area (Å²) in [6.07, 6.45) is 1.62. The van der Waals surface area contributed by atoms with Crippen LogP contribution in [0.4, 0.5) is 0 Å². The van der Waals surface area contributed by atoms with Crippen LogP contribution in [0, 0.1) is 6.92 Å². The Hall–Kier alpha value is -1.66. The van der Waals surface area contributed by atoms with Crippen LogP contribution in [0.25, 0.3) is 10.8 Å². The van der Waals surface area contributed by atoms with E-state index in [1.54, 1.807) is 6.26 Å². The van der Waals surface area contributed by atoms with Crippen molar-refractivity contribution in [3.63, 3.8) is 0 Å². The van der Waals surface area contributed by atoms with Gasteiger partial charge in [-0.2, -0.15) is 0 Å². The fourth-order valence-corrected chi connectivity index (χ4v) is 3.24. The molecular formula is C14H17N3O2S. The number of rotatable bonds is 2. The van der Waals surface area contributed by atoms with E-state index in [1.165, 1.54) is 11.3 Å². The first kappa shape index (κ1) is 13.3. The minimum atomic E-state index is 0.0184. The van der Waals surface area contributed by atoms with Crippen LogP contribution < -0.4 is 5.32 Å². The maximum absolute atomic E-state index is 12.6. The Morgan fingerprint density at radius 3 is 3.15 bits per heavy atom. The molecule has 2 aromatic heterocycles. The number of amides is 1. The van der Waals surface area contributed by atoms with Gasteiger partial charge in [0.2, 0.25) is 0 Å². The second kappa shape index (κ2) is 5.38. The normalized spacial score (nSPS) is 19.3. The van der Waals surface area contributed by atoms with E-state index in [1.807, 2.05) is 24.0 Å². The molecule has 0 aliphatic carbocycles. The summed E-state index contributed by atoms with van der Waals surface area (Å²) in [5.41, 5.74) is 0.551. The SMILES string of the molecule is Cc1sc(-c2ccco2)nc1C(=O)N1CCNC(C)C1. The highest BCUT2D eigenvalue weighted by molar-refractivity contribution is 7.15. The summed E-state index contributed by atoms with van der Waals surface area (Å²) < 4.78 is 5.34. The van der Waals surface area contributed by atoms with Gasteiger partial charge in [-0.3, -0.25) is 4.79 Å². The molecular weight excluding hydrogens is 274 g/mol. The van der Waals surface area contributed by atoms with Gasteiger partial charge in [0, 0.05) is 30.6 Å². The zero-order valence-electron chi connectivity index (χ0n) is 11.5. The van der Waals surface area contributed by atoms with E-state index in [0.717, 1.165) is 29.5 Å². The number of nitrogens with one attached hydrogen (secondary N) is 1. The summed E-state index contributed by atoms with van der Waals surface area (Å²) in [6.45, 7) is 6.31. The van der Waals surface area contributed by atoms with Crippen molar-refractivity contribution in [1.82, 2.24) is 15.2 Å². The molecule has 3 heterocycles. The monoisotopic (exact) mass is 291 g/mol. The van der Waals surface area contributed by atoms with Gasteiger partial charge >= 0.3 is 0 Å². The Bertz CT molecular complexity index is 606. The van der Waals surface area contributed by atoms with E-state index in [4.69, 9.17) is 4.42 Å². The highest BCUT2D eigenvalue weighted by atomic mass is 32.1. The molecule has 1 N–H and O–H groups in total. The second-order valence-corrected chi connectivity index (χ2v) is 6.21. The van der Waals surface area contributed by atoms with Crippen LogP contribution in [0.5, 0.6) is 0 Å². The molecule has 5 nitrogen and oxygen atoms in total. The van der Waals surface area contributed by atoms with E-state index in [-0.39, 0.29) is 5.91 Å². The summed E-state index contributed by atoms with van der Waals surface area (Å²) in [7, 11) is 0. The molecule has 1 saturated heterocycles. The van der Waals surface area contributed by atoms with Gasteiger partial charge < -0.3 is 14.6 Å². The van der Waals surface area contributed by atoms with E-state index in [9.17, 15) is 4.79 Å². The van der Waals surface area contributed by atoms with Crippen molar-refractivity contribution < 1.29 is 9.21 Å². The van der Waals surface area contributed by atoms with Crippen molar-refractivity contribution in [2.45, 2.75) is 19.9 Å². The summed E-state index contributed by atoms with van der Waals surface area (Å²) in [5.74, 6) is 0.732. The zero-order chi connectivity index (χ0) is 14.1. The number of hydrogen-bond donors (Lipinski definition) is 1. The average molecular weight is 291 g/mol. The Balaban J connectivity index is 1.85. The van der Waals surface area contributed by atoms with Gasteiger partial charge in [-0.05, 0) is 26.0 Å². The van der Waals surface area contributed by atoms with Crippen LogP contribution in [0.3, 0.4) is 0 Å². The van der Waals surface area contributed by atoms with Crippen molar-refractivity contribution in [2.24, 2.45) is 0 Å². The lowest BCUT2D eigenvalue weighted by Crippen LogP contribution is -2.51. The first-order chi connectivity index (χ1) is 9.65. The smallest absolute Gasteiger partial charge is 0.273 e. The maximum atomic E-state index is 12.6. The van der Waals surface area contributed by atoms with Crippen molar-refractivity contribution in [3.05, 3.63) is 29.0 Å². The molecule has 1 aliphatic heterocycles. The Morgan fingerprint density at radius 1 is 1.60 bits per heavy atom. The molecule has 0 spiro atoms. The third-order valence-corrected chi connectivity index (χ3v) is 4.37. The number of thiazole rings is 1. The van der Waals surface area contributed by atoms with Crippen LogP contribution in [0.1, 0.15) is 22.3 Å². The standard InChI is InChI=1S/C14H17N3O2S/c1-9-8-17(6-5-15-9)14(18)12-10(2)20-13(16-12)11-4-3-7-19-11/h3-4,7,9,15H,5-6,8H2,1-2H3. The van der Waals surface area contributed by atoms with Crippen molar-refractivity contribution >= 4 is 17.2 Å². The molecule has 0 radical (unpaired) electrons. The van der Waals surface area contributed by atoms with Crippen molar-refractivity contribution in [1.29, 1.82) is 0 Å². The van der Waals surface area contributed by atoms with Gasteiger partial charge in [-0.25, -0.2) is 4.98 Å². The highest BCUT2D eigenvalue weighted by Crippen LogP contribution is 2.28. The largest absolute Gasteiger partial charge is 0.462 e. The van der Waals surface area contributed by atoms with Crippen LogP contribution in [0.15, 0.2) is 22.8 Å². The Labute approximate surface area is 121 Å². The molecule has 1 atom stereocenters. The van der Waals surface area contributed by atoms with Crippen molar-refractivity contribution in [2.75, 3.05) is 19.6 Å². The van der Waals surface area contributed by atoms with Gasteiger partial charge in [-0.15, -0.1) is 11.3 Å². The number of carbonyl (C=O) groups is 1. The van der Waals surface area contributed by atoms with Crippen LogP contribution in [-0.2, 0) is 0 Å². The highest BCUT2D eigenvalue weighted by Gasteiger charge is 2.25. The summed E-state index contributed by atoms with van der Waals surface area (Å²) in [6, 6.07) is 4.02. The molecule has 2 aromatic rings. The van der Waals surface area contributed by atoms with E-state index in [2.05, 4.69) is 17.2 Å². The molecule has 0 bridgehead atoms. The number of nitrogens with zero attached hydrogens (tertiary/aromatic N) is 2. The topological polar surface area (TPSA) is 58.4 Å². The van der Waals surface area contributed by atoms with E-state index >= 15 is 0 Å². The fraction of sp³-hybridized carbons (Fsp3) is 0.429. The third-order valence-electron chi connectivity index (χ3n) is 3.39. The van der Waals surface area contributed by atoms with Crippen LogP contribution in [0.2, 0.25) is 0 Å². The van der Waals surface area contributed by atoms with Gasteiger partial charge in [-0.1, -0.05) is 0 Å².